The van der Waals surface area contributed by atoms with E-state index in [9.17, 15) is 19.5 Å². The monoisotopic (exact) mass is 777 g/mol. The molecular formula is C46H80O9. The highest BCUT2D eigenvalue weighted by Crippen LogP contribution is 2.20. The molecule has 1 N–H and O–H groups in total. The first-order chi connectivity index (χ1) is 26.9. The highest BCUT2D eigenvalue weighted by molar-refractivity contribution is 5.70. The third kappa shape index (κ3) is 36.6. The molecule has 0 aliphatic carbocycles. The number of aliphatic hydroxyl groups is 1. The van der Waals surface area contributed by atoms with Gasteiger partial charge in [0.2, 0.25) is 0 Å². The Kier molecular flexibility index (Phi) is 38.9. The van der Waals surface area contributed by atoms with Crippen molar-refractivity contribution in [1.82, 2.24) is 0 Å². The molecule has 9 nitrogen and oxygen atoms in total. The van der Waals surface area contributed by atoms with Crippen molar-refractivity contribution in [2.75, 3.05) is 39.6 Å². The summed E-state index contributed by atoms with van der Waals surface area (Å²) in [4.78, 5) is 37.3. The van der Waals surface area contributed by atoms with Gasteiger partial charge in [-0.2, -0.15) is 0 Å². The van der Waals surface area contributed by atoms with Crippen LogP contribution in [0.2, 0.25) is 0 Å². The van der Waals surface area contributed by atoms with Gasteiger partial charge < -0.3 is 28.8 Å². The Morgan fingerprint density at radius 3 is 1.38 bits per heavy atom. The van der Waals surface area contributed by atoms with E-state index in [1.54, 1.807) is 0 Å². The van der Waals surface area contributed by atoms with Crippen molar-refractivity contribution in [3.63, 3.8) is 0 Å². The molecule has 0 aliphatic heterocycles. The largest absolute Gasteiger partial charge is 0.465 e. The topological polar surface area (TPSA) is 118 Å². The molecule has 0 aliphatic rings. The Morgan fingerprint density at radius 1 is 0.509 bits per heavy atom. The second-order valence-electron chi connectivity index (χ2n) is 14.5. The van der Waals surface area contributed by atoms with E-state index in [-0.39, 0.29) is 45.1 Å². The molecular weight excluding hydrogens is 696 g/mol. The van der Waals surface area contributed by atoms with Crippen LogP contribution in [0.4, 0.5) is 0 Å². The standard InChI is InChI=1S/C46H80O9/c1-5-9-13-17-21-27-35-51-46(52-36-28-22-18-14-10-6-2)34-33-45(50)55-40-42(37-47)39-54-44(49)32-26-25-31-43(48)53-38-41(29-23-19-15-11-7-3)30-24-20-16-12-8-4/h7-10,13-14,41-42,46-47H,3-6,11-12,15-40H2,1-2H3/b13-9-,14-10-. The summed E-state index contributed by atoms with van der Waals surface area (Å²) in [6.07, 6.45) is 33.2. The lowest BCUT2D eigenvalue weighted by molar-refractivity contribution is -0.161. The summed E-state index contributed by atoms with van der Waals surface area (Å²) in [7, 11) is 0. The van der Waals surface area contributed by atoms with Crippen molar-refractivity contribution < 1.29 is 43.2 Å². The molecule has 0 rings (SSSR count). The zero-order valence-corrected chi connectivity index (χ0v) is 35.0. The highest BCUT2D eigenvalue weighted by atomic mass is 16.7. The van der Waals surface area contributed by atoms with Gasteiger partial charge in [0.05, 0.1) is 38.8 Å². The summed E-state index contributed by atoms with van der Waals surface area (Å²) < 4.78 is 28.3. The van der Waals surface area contributed by atoms with Crippen molar-refractivity contribution in [3.05, 3.63) is 49.6 Å². The molecule has 1 unspecified atom stereocenters. The molecule has 0 amide bonds. The van der Waals surface area contributed by atoms with Gasteiger partial charge in [-0.15, -0.1) is 13.2 Å². The molecule has 0 aromatic carbocycles. The van der Waals surface area contributed by atoms with Gasteiger partial charge in [0.25, 0.3) is 0 Å². The molecule has 0 radical (unpaired) electrons. The van der Waals surface area contributed by atoms with Crippen LogP contribution < -0.4 is 0 Å². The second kappa shape index (κ2) is 40.9. The van der Waals surface area contributed by atoms with Gasteiger partial charge in [-0.05, 0) is 109 Å². The number of rotatable bonds is 41. The van der Waals surface area contributed by atoms with Crippen LogP contribution in [0.25, 0.3) is 0 Å². The molecule has 0 fully saturated rings. The number of carbonyl (C=O) groups is 3. The normalized spacial score (nSPS) is 12.2. The SMILES string of the molecule is C=CCCCCCC(CCCCCC=C)COC(=O)CCCCC(=O)OCC(CO)COC(=O)CCC(OCCCC/C=C\CC)OCCCC/C=C\CC. The Morgan fingerprint density at radius 2 is 0.945 bits per heavy atom. The molecule has 55 heavy (non-hydrogen) atoms. The van der Waals surface area contributed by atoms with E-state index in [4.69, 9.17) is 23.7 Å². The van der Waals surface area contributed by atoms with Gasteiger partial charge in [0.1, 0.15) is 0 Å². The first-order valence-corrected chi connectivity index (χ1v) is 21.7. The number of hydrogen-bond acceptors (Lipinski definition) is 9. The minimum Gasteiger partial charge on any atom is -0.465 e. The van der Waals surface area contributed by atoms with E-state index in [0.29, 0.717) is 45.0 Å². The van der Waals surface area contributed by atoms with Crippen molar-refractivity contribution >= 4 is 17.9 Å². The van der Waals surface area contributed by atoms with Crippen molar-refractivity contribution in [3.8, 4) is 0 Å². The molecule has 0 bridgehead atoms. The van der Waals surface area contributed by atoms with Gasteiger partial charge in [0, 0.05) is 32.5 Å². The quantitative estimate of drug-likeness (QED) is 0.0213. The fraction of sp³-hybridized carbons (Fsp3) is 0.761. The zero-order valence-electron chi connectivity index (χ0n) is 35.0. The number of carbonyl (C=O) groups excluding carboxylic acids is 3. The molecule has 0 heterocycles. The van der Waals surface area contributed by atoms with Gasteiger partial charge >= 0.3 is 17.9 Å². The van der Waals surface area contributed by atoms with Crippen LogP contribution in [0.1, 0.15) is 168 Å². The maximum Gasteiger partial charge on any atom is 0.305 e. The number of esters is 3. The lowest BCUT2D eigenvalue weighted by Gasteiger charge is -2.19. The second-order valence-corrected chi connectivity index (χ2v) is 14.5. The average molecular weight is 777 g/mol. The van der Waals surface area contributed by atoms with E-state index in [1.165, 1.54) is 0 Å². The van der Waals surface area contributed by atoms with Crippen LogP contribution in [0.15, 0.2) is 49.6 Å². The molecule has 0 saturated carbocycles. The minimum absolute atomic E-state index is 0.0526. The van der Waals surface area contributed by atoms with Crippen molar-refractivity contribution in [2.24, 2.45) is 11.8 Å². The third-order valence-corrected chi connectivity index (χ3v) is 9.28. The van der Waals surface area contributed by atoms with Crippen LogP contribution in [0.5, 0.6) is 0 Å². The fourth-order valence-electron chi connectivity index (χ4n) is 5.83. The zero-order chi connectivity index (χ0) is 40.5. The minimum atomic E-state index is -0.522. The third-order valence-electron chi connectivity index (χ3n) is 9.28. The summed E-state index contributed by atoms with van der Waals surface area (Å²) in [5.74, 6) is -1.20. The Balaban J connectivity index is 4.42. The van der Waals surface area contributed by atoms with Crippen LogP contribution in [-0.2, 0) is 38.1 Å². The Hall–Kier alpha value is -2.75. The maximum atomic E-state index is 12.6. The summed E-state index contributed by atoms with van der Waals surface area (Å²) in [6, 6.07) is 0. The summed E-state index contributed by atoms with van der Waals surface area (Å²) in [5.41, 5.74) is 0. The van der Waals surface area contributed by atoms with Gasteiger partial charge in [-0.1, -0.05) is 76.0 Å². The average Bonchev–Trinajstić information content (AvgIpc) is 3.19. The first kappa shape index (κ1) is 52.2. The van der Waals surface area contributed by atoms with E-state index in [2.05, 4.69) is 51.3 Å². The van der Waals surface area contributed by atoms with Gasteiger partial charge in [-0.3, -0.25) is 14.4 Å². The van der Waals surface area contributed by atoms with Gasteiger partial charge in [0.15, 0.2) is 6.29 Å². The van der Waals surface area contributed by atoms with E-state index >= 15 is 0 Å². The Bertz CT molecular complexity index is 950. The van der Waals surface area contributed by atoms with E-state index < -0.39 is 24.1 Å². The fourth-order valence-corrected chi connectivity index (χ4v) is 5.83. The van der Waals surface area contributed by atoms with Crippen LogP contribution in [0.3, 0.4) is 0 Å². The number of aliphatic hydroxyl groups excluding tert-OH is 1. The number of allylic oxidation sites excluding steroid dienone is 6. The highest BCUT2D eigenvalue weighted by Gasteiger charge is 2.18. The summed E-state index contributed by atoms with van der Waals surface area (Å²) in [6.45, 7) is 13.0. The van der Waals surface area contributed by atoms with Crippen LogP contribution >= 0.6 is 0 Å². The lowest BCUT2D eigenvalue weighted by Crippen LogP contribution is -2.25. The summed E-state index contributed by atoms with van der Waals surface area (Å²) in [5, 5.41) is 9.79. The molecule has 318 valence electrons. The van der Waals surface area contributed by atoms with Crippen LogP contribution in [0, 0.1) is 11.8 Å². The molecule has 0 aromatic rings. The molecule has 0 aromatic heterocycles. The number of unbranched alkanes of at least 4 members (excludes halogenated alkanes) is 11. The van der Waals surface area contributed by atoms with Gasteiger partial charge in [-0.25, -0.2) is 0 Å². The maximum absolute atomic E-state index is 12.6. The lowest BCUT2D eigenvalue weighted by atomic mass is 9.95. The van der Waals surface area contributed by atoms with E-state index in [0.717, 1.165) is 116 Å². The Labute approximate surface area is 335 Å². The molecule has 0 saturated heterocycles. The van der Waals surface area contributed by atoms with E-state index in [1.807, 2.05) is 12.2 Å². The first-order valence-electron chi connectivity index (χ1n) is 21.7. The molecule has 1 atom stereocenters. The predicted octanol–water partition coefficient (Wildman–Crippen LogP) is 11.1. The van der Waals surface area contributed by atoms with Crippen LogP contribution in [-0.4, -0.2) is 68.9 Å². The predicted molar refractivity (Wildman–Crippen MR) is 223 cm³/mol. The molecule has 0 spiro atoms. The number of hydrogen-bond donors (Lipinski definition) is 1. The smallest absolute Gasteiger partial charge is 0.305 e. The number of ether oxygens (including phenoxy) is 5. The van der Waals surface area contributed by atoms with Crippen molar-refractivity contribution in [1.29, 1.82) is 0 Å². The summed E-state index contributed by atoms with van der Waals surface area (Å²) >= 11 is 0. The van der Waals surface area contributed by atoms with Crippen molar-refractivity contribution in [2.45, 2.75) is 174 Å². The molecule has 9 heteroatoms.